The number of alkyl halides is 1. The number of carbonyl (C=O) groups is 1. The molecule has 1 fully saturated rings. The molecular weight excluding hydrogens is 468 g/mol. The largest absolute Gasteiger partial charge is 0.459 e. The number of aryl methyl sites for hydroxylation is 1. The van der Waals surface area contributed by atoms with E-state index in [1.807, 2.05) is 38.1 Å². The molecule has 0 radical (unpaired) electrons. The maximum atomic E-state index is 12.1. The Morgan fingerprint density at radius 3 is 2.56 bits per heavy atom. The topological polar surface area (TPSA) is 66.8 Å². The van der Waals surface area contributed by atoms with E-state index in [4.69, 9.17) is 16.3 Å². The zero-order chi connectivity index (χ0) is 24.7. The molecule has 2 N–H and O–H groups in total. The van der Waals surface area contributed by atoms with Crippen LogP contribution in [0.3, 0.4) is 0 Å². The number of carbonyl (C=O) groups excluding carboxylic acids is 1. The van der Waals surface area contributed by atoms with Gasteiger partial charge in [0, 0.05) is 16.2 Å². The summed E-state index contributed by atoms with van der Waals surface area (Å²) in [6, 6.07) is 12.0. The summed E-state index contributed by atoms with van der Waals surface area (Å²) in [4.78, 5) is 13.9. The summed E-state index contributed by atoms with van der Waals surface area (Å²) in [6.45, 7) is 5.87. The Balaban J connectivity index is 1.58. The first-order valence-corrected chi connectivity index (χ1v) is 13.9. The molecule has 4 nitrogen and oxygen atoms in total. The molecule has 2 aromatic rings. The SMILES string of the molecule is CCCCCC(O)c1ccc([C@@H]2[C@@H](CCCc3ccc(C(=O)OC(C)C)s3)[C@@H](Cl)C[C@H]2O)cc1. The van der Waals surface area contributed by atoms with Crippen LogP contribution in [0.15, 0.2) is 36.4 Å². The summed E-state index contributed by atoms with van der Waals surface area (Å²) >= 11 is 8.18. The van der Waals surface area contributed by atoms with E-state index in [0.29, 0.717) is 11.3 Å². The molecule has 1 aliphatic rings. The average Bonchev–Trinajstić information content (AvgIpc) is 3.38. The van der Waals surface area contributed by atoms with Gasteiger partial charge in [0.25, 0.3) is 0 Å². The number of esters is 1. The molecular formula is C28H39ClO4S. The third kappa shape index (κ3) is 7.30. The smallest absolute Gasteiger partial charge is 0.348 e. The zero-order valence-electron chi connectivity index (χ0n) is 20.6. The summed E-state index contributed by atoms with van der Waals surface area (Å²) in [6.07, 6.45) is 6.43. The van der Waals surface area contributed by atoms with Crippen LogP contribution in [0, 0.1) is 5.92 Å². The first-order chi connectivity index (χ1) is 16.3. The number of rotatable bonds is 12. The summed E-state index contributed by atoms with van der Waals surface area (Å²) in [5.74, 6) is -0.0546. The minimum atomic E-state index is -0.452. The van der Waals surface area contributed by atoms with Crippen LogP contribution in [0.5, 0.6) is 0 Å². The Morgan fingerprint density at radius 2 is 1.88 bits per heavy atom. The molecule has 5 atom stereocenters. The number of hydrogen-bond acceptors (Lipinski definition) is 5. The lowest BCUT2D eigenvalue weighted by Crippen LogP contribution is -2.19. The van der Waals surface area contributed by atoms with Crippen LogP contribution < -0.4 is 0 Å². The molecule has 1 aromatic carbocycles. The van der Waals surface area contributed by atoms with Crippen molar-refractivity contribution in [1.29, 1.82) is 0 Å². The third-order valence-corrected chi connectivity index (χ3v) is 8.39. The van der Waals surface area contributed by atoms with E-state index in [2.05, 4.69) is 19.1 Å². The van der Waals surface area contributed by atoms with Crippen molar-refractivity contribution in [3.63, 3.8) is 0 Å². The highest BCUT2D eigenvalue weighted by molar-refractivity contribution is 7.13. The number of hydrogen-bond donors (Lipinski definition) is 2. The number of ether oxygens (including phenoxy) is 1. The van der Waals surface area contributed by atoms with E-state index in [1.165, 1.54) is 16.2 Å². The Labute approximate surface area is 213 Å². The average molecular weight is 507 g/mol. The highest BCUT2D eigenvalue weighted by atomic mass is 35.5. The summed E-state index contributed by atoms with van der Waals surface area (Å²) in [5, 5.41) is 21.2. The predicted molar refractivity (Wildman–Crippen MR) is 140 cm³/mol. The van der Waals surface area contributed by atoms with Gasteiger partial charge in [-0.1, -0.05) is 50.5 Å². The number of aliphatic hydroxyl groups is 2. The quantitative estimate of drug-likeness (QED) is 0.184. The Morgan fingerprint density at radius 1 is 1.15 bits per heavy atom. The van der Waals surface area contributed by atoms with Crippen molar-refractivity contribution in [2.24, 2.45) is 5.92 Å². The van der Waals surface area contributed by atoms with Gasteiger partial charge in [-0.15, -0.1) is 22.9 Å². The molecule has 0 bridgehead atoms. The lowest BCUT2D eigenvalue weighted by atomic mass is 9.84. The first kappa shape index (κ1) is 27.2. The molecule has 0 saturated heterocycles. The Bertz CT molecular complexity index is 894. The van der Waals surface area contributed by atoms with Gasteiger partial charge in [-0.05, 0) is 75.1 Å². The van der Waals surface area contributed by atoms with E-state index in [1.54, 1.807) is 0 Å². The van der Waals surface area contributed by atoms with Crippen LogP contribution >= 0.6 is 22.9 Å². The number of thiophene rings is 1. The summed E-state index contributed by atoms with van der Waals surface area (Å²) in [5.41, 5.74) is 2.04. The van der Waals surface area contributed by atoms with Gasteiger partial charge >= 0.3 is 5.97 Å². The highest BCUT2D eigenvalue weighted by Gasteiger charge is 2.41. The second kappa shape index (κ2) is 13.1. The van der Waals surface area contributed by atoms with Gasteiger partial charge in [0.15, 0.2) is 0 Å². The van der Waals surface area contributed by atoms with Crippen molar-refractivity contribution in [3.05, 3.63) is 57.3 Å². The van der Waals surface area contributed by atoms with Gasteiger partial charge in [-0.2, -0.15) is 0 Å². The van der Waals surface area contributed by atoms with Crippen molar-refractivity contribution in [1.82, 2.24) is 0 Å². The minimum Gasteiger partial charge on any atom is -0.459 e. The van der Waals surface area contributed by atoms with Crippen LogP contribution in [0.4, 0.5) is 0 Å². The van der Waals surface area contributed by atoms with Crippen molar-refractivity contribution in [2.45, 2.75) is 102 Å². The van der Waals surface area contributed by atoms with E-state index >= 15 is 0 Å². The van der Waals surface area contributed by atoms with Crippen molar-refractivity contribution < 1.29 is 19.7 Å². The van der Waals surface area contributed by atoms with E-state index < -0.39 is 12.2 Å². The minimum absolute atomic E-state index is 0.00806. The molecule has 1 aromatic heterocycles. The molecule has 3 rings (SSSR count). The summed E-state index contributed by atoms with van der Waals surface area (Å²) < 4.78 is 5.28. The zero-order valence-corrected chi connectivity index (χ0v) is 22.2. The van der Waals surface area contributed by atoms with Gasteiger partial charge in [-0.25, -0.2) is 4.79 Å². The molecule has 1 aliphatic carbocycles. The fraction of sp³-hybridized carbons (Fsp3) is 0.607. The van der Waals surface area contributed by atoms with Gasteiger partial charge in [0.2, 0.25) is 0 Å². The third-order valence-electron chi connectivity index (χ3n) is 6.76. The molecule has 1 heterocycles. The van der Waals surface area contributed by atoms with Gasteiger partial charge in [0.1, 0.15) is 4.88 Å². The maximum absolute atomic E-state index is 12.1. The number of halogens is 1. The lowest BCUT2D eigenvalue weighted by Gasteiger charge is -2.24. The van der Waals surface area contributed by atoms with Crippen molar-refractivity contribution >= 4 is 28.9 Å². The molecule has 0 amide bonds. The Kier molecular flexibility index (Phi) is 10.4. The fourth-order valence-electron chi connectivity index (χ4n) is 4.99. The maximum Gasteiger partial charge on any atom is 0.348 e. The highest BCUT2D eigenvalue weighted by Crippen LogP contribution is 2.45. The molecule has 34 heavy (non-hydrogen) atoms. The number of aliphatic hydroxyl groups excluding tert-OH is 2. The van der Waals surface area contributed by atoms with Crippen LogP contribution in [0.2, 0.25) is 0 Å². The van der Waals surface area contributed by atoms with Gasteiger partial charge < -0.3 is 14.9 Å². The van der Waals surface area contributed by atoms with Gasteiger partial charge in [-0.3, -0.25) is 0 Å². The monoisotopic (exact) mass is 506 g/mol. The molecule has 6 heteroatoms. The molecule has 1 unspecified atom stereocenters. The molecule has 1 saturated carbocycles. The lowest BCUT2D eigenvalue weighted by molar-refractivity contribution is 0.0383. The predicted octanol–water partition coefficient (Wildman–Crippen LogP) is 7.02. The second-order valence-electron chi connectivity index (χ2n) is 9.80. The molecule has 188 valence electrons. The van der Waals surface area contributed by atoms with Crippen molar-refractivity contribution in [3.8, 4) is 0 Å². The van der Waals surface area contributed by atoms with E-state index in [0.717, 1.165) is 56.1 Å². The van der Waals surface area contributed by atoms with Crippen LogP contribution in [0.25, 0.3) is 0 Å². The van der Waals surface area contributed by atoms with Crippen molar-refractivity contribution in [2.75, 3.05) is 0 Å². The van der Waals surface area contributed by atoms with Crippen LogP contribution in [0.1, 0.15) is 103 Å². The van der Waals surface area contributed by atoms with Crippen LogP contribution in [-0.4, -0.2) is 33.8 Å². The fourth-order valence-corrected chi connectivity index (χ4v) is 6.39. The Hall–Kier alpha value is -1.40. The van der Waals surface area contributed by atoms with E-state index in [9.17, 15) is 15.0 Å². The molecule has 0 spiro atoms. The number of benzene rings is 1. The molecule has 0 aliphatic heterocycles. The number of unbranched alkanes of at least 4 members (excludes halogenated alkanes) is 2. The summed E-state index contributed by atoms with van der Waals surface area (Å²) in [7, 11) is 0. The van der Waals surface area contributed by atoms with E-state index in [-0.39, 0.29) is 29.3 Å². The van der Waals surface area contributed by atoms with Gasteiger partial charge in [0.05, 0.1) is 18.3 Å². The second-order valence-corrected chi connectivity index (χ2v) is 11.5. The normalized spacial score (nSPS) is 23.4. The standard InChI is InChI=1S/C28H39ClO4S/c1-4-5-6-10-24(30)19-11-13-20(14-12-19)27-22(23(29)17-25(27)31)9-7-8-21-15-16-26(34-21)28(32)33-18(2)3/h11-16,18,22-25,27,30-31H,4-10,17H2,1-3H3/t22-,23-,24?,25+,27+/m0/s1. The first-order valence-electron chi connectivity index (χ1n) is 12.7. The van der Waals surface area contributed by atoms with Crippen LogP contribution in [-0.2, 0) is 11.2 Å².